The molecule has 0 atom stereocenters. The summed E-state index contributed by atoms with van der Waals surface area (Å²) >= 11 is 0. The number of nitrogens with zero attached hydrogens (tertiary/aromatic N) is 4. The van der Waals surface area contributed by atoms with Crippen LogP contribution in [0.1, 0.15) is 22.3 Å². The van der Waals surface area contributed by atoms with Crippen LogP contribution in [0.2, 0.25) is 0 Å². The van der Waals surface area contributed by atoms with Gasteiger partial charge in [-0.15, -0.1) is 0 Å². The predicted octanol–water partition coefficient (Wildman–Crippen LogP) is 3.20. The third-order valence-corrected chi connectivity index (χ3v) is 5.58. The second-order valence-electron chi connectivity index (χ2n) is 9.27. The summed E-state index contributed by atoms with van der Waals surface area (Å²) in [6.07, 6.45) is 6.19. The number of phenols is 4. The van der Waals surface area contributed by atoms with Gasteiger partial charge in [0, 0.05) is 125 Å². The largest absolute Gasteiger partial charge is 0.507 e. The summed E-state index contributed by atoms with van der Waals surface area (Å²) < 4.78 is 0. The minimum Gasteiger partial charge on any atom is -0.507 e. The van der Waals surface area contributed by atoms with Gasteiger partial charge in [-0.05, 0) is 48.5 Å². The summed E-state index contributed by atoms with van der Waals surface area (Å²) in [6.45, 7) is 1.60. The number of aliphatic imine (C=N–C) groups is 4. The van der Waals surface area contributed by atoms with Crippen LogP contribution < -0.4 is 0 Å². The van der Waals surface area contributed by atoms with Crippen LogP contribution in [0.5, 0.6) is 23.0 Å². The predicted molar refractivity (Wildman–Crippen MR) is 191 cm³/mol. The number of para-hydroxylation sites is 4. The van der Waals surface area contributed by atoms with Gasteiger partial charge in [0.1, 0.15) is 23.0 Å². The van der Waals surface area contributed by atoms with Crippen LogP contribution in [0.4, 0.5) is 0 Å². The molecular weight excluding hydrogens is 878 g/mol. The molecule has 0 aliphatic heterocycles. The smallest absolute Gasteiger partial charge is 0.124 e. The van der Waals surface area contributed by atoms with Gasteiger partial charge in [-0.3, -0.25) is 20.0 Å². The fraction of sp³-hybridized carbons (Fsp3) is 0.222. The second kappa shape index (κ2) is 37.8. The van der Waals surface area contributed by atoms with Crippen LogP contribution in [0.15, 0.2) is 117 Å². The molecule has 0 amide bonds. The molecular formula is C36H44N4O8Zn4. The van der Waals surface area contributed by atoms with E-state index in [2.05, 4.69) is 20.0 Å². The first-order valence-corrected chi connectivity index (χ1v) is 14.9. The van der Waals surface area contributed by atoms with E-state index >= 15 is 0 Å². The van der Waals surface area contributed by atoms with Crippen molar-refractivity contribution >= 4 is 24.9 Å². The Balaban J connectivity index is -0.000000288. The zero-order valence-electron chi connectivity index (χ0n) is 29.4. The Morgan fingerprint density at radius 3 is 0.654 bits per heavy atom. The van der Waals surface area contributed by atoms with Gasteiger partial charge < -0.3 is 40.9 Å². The molecule has 264 valence electrons. The number of aromatic hydroxyl groups is 4. The van der Waals surface area contributed by atoms with E-state index in [1.54, 1.807) is 97.7 Å². The maximum absolute atomic E-state index is 9.26. The topological polar surface area (TPSA) is 211 Å². The van der Waals surface area contributed by atoms with Crippen molar-refractivity contribution in [3.05, 3.63) is 119 Å². The maximum Gasteiger partial charge on any atom is 0.124 e. The summed E-state index contributed by atoms with van der Waals surface area (Å²) in [7, 11) is 0. The number of rotatable bonds is 12. The van der Waals surface area contributed by atoms with Crippen LogP contribution in [0.25, 0.3) is 0 Å². The van der Waals surface area contributed by atoms with Gasteiger partial charge in [-0.25, -0.2) is 0 Å². The van der Waals surface area contributed by atoms with Crippen molar-refractivity contribution in [1.82, 2.24) is 0 Å². The van der Waals surface area contributed by atoms with E-state index in [1.165, 1.54) is 0 Å². The standard InChI is InChI=1S/4C9H11NO2.4Zn/c4*11-6-5-10-7-8-3-1-2-4-9(8)12;;;;/h4*1-4,7,11-12H,5-6H2;;;;. The molecule has 0 spiro atoms. The normalized spacial score (nSPS) is 9.92. The zero-order valence-corrected chi connectivity index (χ0v) is 41.3. The SMILES string of the molecule is OCCN=Cc1ccccc1O.OCCN=Cc1ccccc1O.OCCN=Cc1ccccc1O.OCCN=Cc1ccccc1O.[Zn].[Zn].[Zn].[Zn]. The number of hydrogen-bond acceptors (Lipinski definition) is 12. The molecule has 0 aliphatic carbocycles. The summed E-state index contributed by atoms with van der Waals surface area (Å²) in [5, 5.41) is 70.8. The minimum absolute atomic E-state index is 0. The number of benzene rings is 4. The Morgan fingerprint density at radius 1 is 0.327 bits per heavy atom. The zero-order chi connectivity index (χ0) is 35.2. The Bertz CT molecular complexity index is 1330. The Morgan fingerprint density at radius 2 is 0.500 bits per heavy atom. The second-order valence-corrected chi connectivity index (χ2v) is 9.27. The molecule has 4 rings (SSSR count). The molecule has 12 nitrogen and oxygen atoms in total. The summed E-state index contributed by atoms with van der Waals surface area (Å²) in [5.41, 5.74) is 2.69. The van der Waals surface area contributed by atoms with E-state index in [0.29, 0.717) is 48.4 Å². The van der Waals surface area contributed by atoms with Crippen molar-refractivity contribution in [2.24, 2.45) is 20.0 Å². The van der Waals surface area contributed by atoms with E-state index < -0.39 is 0 Å². The molecule has 0 saturated carbocycles. The number of phenolic OH excluding ortho intramolecular Hbond substituents is 4. The molecule has 0 bridgehead atoms. The molecule has 8 N–H and O–H groups in total. The maximum atomic E-state index is 9.26. The van der Waals surface area contributed by atoms with Crippen molar-refractivity contribution in [1.29, 1.82) is 0 Å². The Hall–Kier alpha value is -2.91. The molecule has 0 fully saturated rings. The van der Waals surface area contributed by atoms with E-state index in [9.17, 15) is 20.4 Å². The molecule has 0 aliphatic rings. The first-order chi connectivity index (χ1) is 23.4. The van der Waals surface area contributed by atoms with Gasteiger partial charge in [0.2, 0.25) is 0 Å². The Kier molecular flexibility index (Phi) is 40.6. The number of aliphatic hydroxyl groups is 4. The third-order valence-electron chi connectivity index (χ3n) is 5.58. The van der Waals surface area contributed by atoms with Crippen LogP contribution >= 0.6 is 0 Å². The third kappa shape index (κ3) is 26.8. The molecule has 4 aromatic rings. The first-order valence-electron chi connectivity index (χ1n) is 14.9. The van der Waals surface area contributed by atoms with Crippen molar-refractivity contribution in [3.63, 3.8) is 0 Å². The van der Waals surface area contributed by atoms with Crippen molar-refractivity contribution < 1.29 is 119 Å². The van der Waals surface area contributed by atoms with Gasteiger partial charge >= 0.3 is 0 Å². The molecule has 52 heavy (non-hydrogen) atoms. The van der Waals surface area contributed by atoms with Gasteiger partial charge in [-0.2, -0.15) is 0 Å². The molecule has 4 aromatic carbocycles. The molecule has 0 heterocycles. The summed E-state index contributed by atoms with van der Waals surface area (Å²) in [6, 6.07) is 27.7. The van der Waals surface area contributed by atoms with Crippen LogP contribution in [0, 0.1) is 0 Å². The molecule has 0 radical (unpaired) electrons. The van der Waals surface area contributed by atoms with Crippen LogP contribution in [-0.2, 0) is 77.9 Å². The van der Waals surface area contributed by atoms with Gasteiger partial charge in [0.15, 0.2) is 0 Å². The van der Waals surface area contributed by atoms with E-state index in [-0.39, 0.29) is 127 Å². The van der Waals surface area contributed by atoms with Gasteiger partial charge in [0.25, 0.3) is 0 Å². The average molecular weight is 922 g/mol. The van der Waals surface area contributed by atoms with Crippen LogP contribution in [0.3, 0.4) is 0 Å². The number of aliphatic hydroxyl groups excluding tert-OH is 4. The monoisotopic (exact) mass is 916 g/mol. The van der Waals surface area contributed by atoms with Crippen molar-refractivity contribution in [2.45, 2.75) is 0 Å². The summed E-state index contributed by atoms with van der Waals surface area (Å²) in [5.74, 6) is 0.830. The number of hydrogen-bond donors (Lipinski definition) is 8. The molecule has 0 saturated heterocycles. The quantitative estimate of drug-likeness (QED) is 0.0780. The fourth-order valence-corrected chi connectivity index (χ4v) is 3.27. The van der Waals surface area contributed by atoms with E-state index in [4.69, 9.17) is 20.4 Å². The van der Waals surface area contributed by atoms with Gasteiger partial charge in [0.05, 0.1) is 52.6 Å². The summed E-state index contributed by atoms with van der Waals surface area (Å²) in [4.78, 5) is 15.5. The van der Waals surface area contributed by atoms with E-state index in [0.717, 1.165) is 0 Å². The van der Waals surface area contributed by atoms with Crippen molar-refractivity contribution in [2.75, 3.05) is 52.6 Å². The van der Waals surface area contributed by atoms with Crippen LogP contribution in [-0.4, -0.2) is 118 Å². The molecule has 0 aromatic heterocycles. The first kappa shape index (κ1) is 55.8. The molecule has 0 unspecified atom stereocenters. The average Bonchev–Trinajstić information content (AvgIpc) is 3.10. The minimum atomic E-state index is 0. The molecule has 16 heteroatoms. The fourth-order valence-electron chi connectivity index (χ4n) is 3.27. The Labute approximate surface area is 355 Å². The van der Waals surface area contributed by atoms with E-state index in [1.807, 2.05) is 24.3 Å². The van der Waals surface area contributed by atoms with Gasteiger partial charge in [-0.1, -0.05) is 48.5 Å². The van der Waals surface area contributed by atoms with Crippen molar-refractivity contribution in [3.8, 4) is 23.0 Å².